The summed E-state index contributed by atoms with van der Waals surface area (Å²) < 4.78 is 5.22. The molecule has 8 heteroatoms. The fraction of sp³-hybridized carbons (Fsp3) is 0.238. The minimum Gasteiger partial charge on any atom is -0.449 e. The van der Waals surface area contributed by atoms with E-state index in [1.807, 2.05) is 6.07 Å². The van der Waals surface area contributed by atoms with E-state index in [2.05, 4.69) is 5.32 Å². The Bertz CT molecular complexity index is 998. The first-order valence-electron chi connectivity index (χ1n) is 9.01. The van der Waals surface area contributed by atoms with Crippen LogP contribution in [0.25, 0.3) is 0 Å². The number of halogens is 1. The van der Waals surface area contributed by atoms with E-state index in [4.69, 9.17) is 21.6 Å². The van der Waals surface area contributed by atoms with Crippen LogP contribution in [0.5, 0.6) is 0 Å². The quantitative estimate of drug-likeness (QED) is 0.759. The van der Waals surface area contributed by atoms with E-state index in [1.54, 1.807) is 29.2 Å². The molecule has 0 radical (unpaired) electrons. The molecule has 0 spiro atoms. The molecule has 1 aliphatic rings. The van der Waals surface area contributed by atoms with Gasteiger partial charge >= 0.3 is 5.97 Å². The van der Waals surface area contributed by atoms with Crippen molar-refractivity contribution in [3.05, 3.63) is 58.6 Å². The van der Waals surface area contributed by atoms with E-state index in [0.29, 0.717) is 24.2 Å². The van der Waals surface area contributed by atoms with E-state index in [9.17, 15) is 14.4 Å². The van der Waals surface area contributed by atoms with Gasteiger partial charge in [0.15, 0.2) is 6.10 Å². The summed E-state index contributed by atoms with van der Waals surface area (Å²) in [5, 5.41) is 11.7. The van der Waals surface area contributed by atoms with Gasteiger partial charge in [-0.2, -0.15) is 5.26 Å². The summed E-state index contributed by atoms with van der Waals surface area (Å²) in [7, 11) is 0. The summed E-state index contributed by atoms with van der Waals surface area (Å²) in [6, 6.07) is 12.9. The second-order valence-corrected chi connectivity index (χ2v) is 6.95. The molecule has 0 unspecified atom stereocenters. The average molecular weight is 412 g/mol. The van der Waals surface area contributed by atoms with Crippen molar-refractivity contribution >= 4 is 40.8 Å². The van der Waals surface area contributed by atoms with Crippen molar-refractivity contribution < 1.29 is 19.1 Å². The summed E-state index contributed by atoms with van der Waals surface area (Å²) in [5.41, 5.74) is 1.69. The number of benzene rings is 2. The minimum atomic E-state index is -1.04. The van der Waals surface area contributed by atoms with Crippen LogP contribution in [-0.4, -0.2) is 30.4 Å². The first-order valence-corrected chi connectivity index (χ1v) is 9.39. The highest BCUT2D eigenvalue weighted by molar-refractivity contribution is 6.32. The van der Waals surface area contributed by atoms with Gasteiger partial charge in [-0.1, -0.05) is 11.6 Å². The van der Waals surface area contributed by atoms with Gasteiger partial charge in [0.2, 0.25) is 5.91 Å². The van der Waals surface area contributed by atoms with Gasteiger partial charge in [0.05, 0.1) is 16.1 Å². The molecule has 2 amide bonds. The zero-order valence-electron chi connectivity index (χ0n) is 15.6. The molecule has 1 heterocycles. The monoisotopic (exact) mass is 411 g/mol. The van der Waals surface area contributed by atoms with Gasteiger partial charge in [-0.25, -0.2) is 4.79 Å². The maximum atomic E-state index is 12.3. The number of hydrogen-bond acceptors (Lipinski definition) is 5. The lowest BCUT2D eigenvalue weighted by Crippen LogP contribution is -2.30. The lowest BCUT2D eigenvalue weighted by atomic mass is 10.2. The van der Waals surface area contributed by atoms with E-state index in [1.165, 1.54) is 25.1 Å². The summed E-state index contributed by atoms with van der Waals surface area (Å²) in [5.74, 6) is -1.11. The van der Waals surface area contributed by atoms with E-state index in [-0.39, 0.29) is 16.5 Å². The van der Waals surface area contributed by atoms with Crippen LogP contribution >= 0.6 is 11.6 Å². The predicted molar refractivity (Wildman–Crippen MR) is 108 cm³/mol. The van der Waals surface area contributed by atoms with Crippen molar-refractivity contribution in [2.75, 3.05) is 16.8 Å². The molecule has 1 saturated heterocycles. The Morgan fingerprint density at radius 1 is 1.24 bits per heavy atom. The number of ether oxygens (including phenoxy) is 1. The van der Waals surface area contributed by atoms with Gasteiger partial charge in [0, 0.05) is 24.3 Å². The highest BCUT2D eigenvalue weighted by atomic mass is 35.5. The minimum absolute atomic E-state index is 0.0634. The molecule has 1 fully saturated rings. The van der Waals surface area contributed by atoms with Crippen molar-refractivity contribution in [3.63, 3.8) is 0 Å². The second-order valence-electron chi connectivity index (χ2n) is 6.54. The van der Waals surface area contributed by atoms with Crippen LogP contribution in [0, 0.1) is 11.3 Å². The van der Waals surface area contributed by atoms with Crippen LogP contribution in [0.15, 0.2) is 42.5 Å². The average Bonchev–Trinajstić information content (AvgIpc) is 3.14. The maximum absolute atomic E-state index is 12.3. The maximum Gasteiger partial charge on any atom is 0.338 e. The topological polar surface area (TPSA) is 99.5 Å². The Balaban J connectivity index is 1.59. The zero-order valence-corrected chi connectivity index (χ0v) is 16.4. The Hall–Kier alpha value is -3.37. The number of esters is 1. The van der Waals surface area contributed by atoms with Crippen molar-refractivity contribution in [2.45, 2.75) is 25.9 Å². The molecule has 29 heavy (non-hydrogen) atoms. The molecular weight excluding hydrogens is 394 g/mol. The highest BCUT2D eigenvalue weighted by Crippen LogP contribution is 2.22. The summed E-state index contributed by atoms with van der Waals surface area (Å²) in [6.45, 7) is 2.12. The number of nitrogens with one attached hydrogen (secondary N) is 1. The fourth-order valence-corrected chi connectivity index (χ4v) is 3.13. The molecule has 3 rings (SSSR count). The van der Waals surface area contributed by atoms with Gasteiger partial charge in [-0.3, -0.25) is 9.59 Å². The van der Waals surface area contributed by atoms with Gasteiger partial charge in [0.25, 0.3) is 5.91 Å². The molecule has 0 saturated carbocycles. The number of anilines is 2. The van der Waals surface area contributed by atoms with Gasteiger partial charge in [0.1, 0.15) is 6.07 Å². The first kappa shape index (κ1) is 20.4. The molecule has 1 N–H and O–H groups in total. The highest BCUT2D eigenvalue weighted by Gasteiger charge is 2.23. The summed E-state index contributed by atoms with van der Waals surface area (Å²) >= 11 is 5.94. The Morgan fingerprint density at radius 2 is 1.97 bits per heavy atom. The lowest BCUT2D eigenvalue weighted by Gasteiger charge is -2.16. The smallest absolute Gasteiger partial charge is 0.338 e. The third-order valence-corrected chi connectivity index (χ3v) is 4.81. The number of carbonyl (C=O) groups is 3. The number of hydrogen-bond donors (Lipinski definition) is 1. The van der Waals surface area contributed by atoms with Gasteiger partial charge in [-0.05, 0) is 55.8 Å². The van der Waals surface area contributed by atoms with Crippen LogP contribution in [0.2, 0.25) is 5.02 Å². The number of amides is 2. The fourth-order valence-electron chi connectivity index (χ4n) is 2.91. The molecule has 1 aliphatic heterocycles. The zero-order chi connectivity index (χ0) is 21.0. The normalized spacial score (nSPS) is 14.2. The van der Waals surface area contributed by atoms with Crippen LogP contribution in [-0.2, 0) is 14.3 Å². The molecule has 0 aromatic heterocycles. The standard InChI is InChI=1S/C21H18ClN3O4/c1-13(20(27)24-16-7-4-15(12-23)18(22)11-16)29-21(28)14-5-8-17(9-6-14)25-10-2-3-19(25)26/h4-9,11,13H,2-3,10H2,1H3,(H,24,27)/t13-/m0/s1. The van der Waals surface area contributed by atoms with Gasteiger partial charge < -0.3 is 15.0 Å². The summed E-state index contributed by atoms with van der Waals surface area (Å²) in [4.78, 5) is 38.0. The van der Waals surface area contributed by atoms with Crippen molar-refractivity contribution in [1.82, 2.24) is 0 Å². The van der Waals surface area contributed by atoms with Crippen LogP contribution in [0.3, 0.4) is 0 Å². The molecular formula is C21H18ClN3O4. The largest absolute Gasteiger partial charge is 0.449 e. The molecule has 148 valence electrons. The third kappa shape index (κ3) is 4.73. The molecule has 2 aromatic rings. The number of rotatable bonds is 5. The van der Waals surface area contributed by atoms with Crippen LogP contribution < -0.4 is 10.2 Å². The van der Waals surface area contributed by atoms with E-state index in [0.717, 1.165) is 12.1 Å². The Kier molecular flexibility index (Phi) is 6.15. The SMILES string of the molecule is C[C@H](OC(=O)c1ccc(N2CCCC2=O)cc1)C(=O)Nc1ccc(C#N)c(Cl)c1. The van der Waals surface area contributed by atoms with Crippen molar-refractivity contribution in [1.29, 1.82) is 5.26 Å². The Labute approximate surface area is 172 Å². The molecule has 2 aromatic carbocycles. The van der Waals surface area contributed by atoms with E-state index < -0.39 is 18.0 Å². The number of nitriles is 1. The molecule has 0 aliphatic carbocycles. The Morgan fingerprint density at radius 3 is 2.55 bits per heavy atom. The lowest BCUT2D eigenvalue weighted by molar-refractivity contribution is -0.123. The van der Waals surface area contributed by atoms with Crippen molar-refractivity contribution in [3.8, 4) is 6.07 Å². The molecule has 0 bridgehead atoms. The van der Waals surface area contributed by atoms with Gasteiger partial charge in [-0.15, -0.1) is 0 Å². The molecule has 1 atom stereocenters. The third-order valence-electron chi connectivity index (χ3n) is 4.50. The predicted octanol–water partition coefficient (Wildman–Crippen LogP) is 3.52. The first-order chi connectivity index (χ1) is 13.9. The van der Waals surface area contributed by atoms with Crippen LogP contribution in [0.4, 0.5) is 11.4 Å². The van der Waals surface area contributed by atoms with Crippen LogP contribution in [0.1, 0.15) is 35.7 Å². The summed E-state index contributed by atoms with van der Waals surface area (Å²) in [6.07, 6.45) is 0.303. The molecule has 7 nitrogen and oxygen atoms in total. The number of carbonyl (C=O) groups excluding carboxylic acids is 3. The van der Waals surface area contributed by atoms with E-state index >= 15 is 0 Å². The second kappa shape index (κ2) is 8.76. The number of nitrogens with zero attached hydrogens (tertiary/aromatic N) is 2. The van der Waals surface area contributed by atoms with Crippen molar-refractivity contribution in [2.24, 2.45) is 0 Å².